The minimum absolute atomic E-state index is 0.0770. The van der Waals surface area contributed by atoms with E-state index >= 15 is 0 Å². The highest BCUT2D eigenvalue weighted by Crippen LogP contribution is 2.40. The molecule has 1 saturated heterocycles. The van der Waals surface area contributed by atoms with Gasteiger partial charge in [0.25, 0.3) is 5.91 Å². The minimum atomic E-state index is -0.427. The van der Waals surface area contributed by atoms with Gasteiger partial charge >= 0.3 is 0 Å². The fourth-order valence-corrected chi connectivity index (χ4v) is 4.26. The molecule has 2 N–H and O–H groups in total. The van der Waals surface area contributed by atoms with Crippen LogP contribution in [-0.2, 0) is 6.42 Å². The molecule has 2 aliphatic rings. The van der Waals surface area contributed by atoms with Crippen LogP contribution in [0.5, 0.6) is 0 Å². The molecule has 0 spiro atoms. The number of nitrogens with zero attached hydrogens (tertiary/aromatic N) is 2. The molecule has 5 nitrogen and oxygen atoms in total. The average Bonchev–Trinajstić information content (AvgIpc) is 2.98. The number of nitrogens with two attached hydrogens (primary N) is 1. The Bertz CT molecular complexity index is 918. The maximum atomic E-state index is 12.8. The second-order valence-corrected chi connectivity index (χ2v) is 7.90. The van der Waals surface area contributed by atoms with E-state index < -0.39 is 5.91 Å². The van der Waals surface area contributed by atoms with Crippen LogP contribution in [0.25, 0.3) is 11.1 Å². The van der Waals surface area contributed by atoms with E-state index in [0.29, 0.717) is 17.5 Å². The number of carbonyl (C=O) groups excluding carboxylic acids is 2. The zero-order valence-corrected chi connectivity index (χ0v) is 16.2. The first-order valence-corrected chi connectivity index (χ1v) is 9.46. The van der Waals surface area contributed by atoms with Crippen molar-refractivity contribution in [2.24, 2.45) is 5.73 Å². The number of fused-ring (bicyclic) bond motifs is 3. The fraction of sp³-hybridized carbons (Fsp3) is 0.300. The third-order valence-electron chi connectivity index (χ3n) is 5.28. The Morgan fingerprint density at radius 1 is 1.04 bits per heavy atom. The van der Waals surface area contributed by atoms with Crippen LogP contribution >= 0.6 is 15.9 Å². The lowest BCUT2D eigenvalue weighted by molar-refractivity contribution is 0.0664. The molecular weight excluding hydrogens is 394 g/mol. The van der Waals surface area contributed by atoms with Crippen LogP contribution in [0.3, 0.4) is 0 Å². The number of benzene rings is 2. The maximum Gasteiger partial charge on any atom is 0.253 e. The summed E-state index contributed by atoms with van der Waals surface area (Å²) in [7, 11) is 2.07. The van der Waals surface area contributed by atoms with Gasteiger partial charge in [0.1, 0.15) is 0 Å². The van der Waals surface area contributed by atoms with E-state index in [4.69, 9.17) is 5.73 Å². The van der Waals surface area contributed by atoms with Gasteiger partial charge in [0.05, 0.1) is 0 Å². The molecule has 0 bridgehead atoms. The Morgan fingerprint density at radius 3 is 2.46 bits per heavy atom. The molecule has 1 heterocycles. The fourth-order valence-electron chi connectivity index (χ4n) is 3.81. The Kier molecular flexibility index (Phi) is 4.32. The molecule has 0 atom stereocenters. The summed E-state index contributed by atoms with van der Waals surface area (Å²) < 4.78 is 0.829. The lowest BCUT2D eigenvalue weighted by Crippen LogP contribution is -2.47. The van der Waals surface area contributed by atoms with Crippen molar-refractivity contribution in [2.45, 2.75) is 6.42 Å². The van der Waals surface area contributed by atoms with Crippen LogP contribution in [0, 0.1) is 0 Å². The van der Waals surface area contributed by atoms with Crippen LogP contribution in [0.4, 0.5) is 0 Å². The molecule has 26 heavy (non-hydrogen) atoms. The number of carbonyl (C=O) groups is 2. The highest BCUT2D eigenvalue weighted by atomic mass is 79.9. The monoisotopic (exact) mass is 413 g/mol. The zero-order valence-electron chi connectivity index (χ0n) is 14.6. The van der Waals surface area contributed by atoms with E-state index in [1.807, 2.05) is 29.2 Å². The van der Waals surface area contributed by atoms with Gasteiger partial charge in [-0.3, -0.25) is 9.59 Å². The van der Waals surface area contributed by atoms with Crippen molar-refractivity contribution in [1.82, 2.24) is 9.80 Å². The average molecular weight is 414 g/mol. The maximum absolute atomic E-state index is 12.8. The van der Waals surface area contributed by atoms with Crippen molar-refractivity contribution in [3.8, 4) is 11.1 Å². The first-order valence-electron chi connectivity index (χ1n) is 8.67. The predicted molar refractivity (Wildman–Crippen MR) is 104 cm³/mol. The topological polar surface area (TPSA) is 66.6 Å². The van der Waals surface area contributed by atoms with E-state index in [2.05, 4.69) is 27.9 Å². The summed E-state index contributed by atoms with van der Waals surface area (Å²) in [4.78, 5) is 28.8. The van der Waals surface area contributed by atoms with E-state index in [9.17, 15) is 9.59 Å². The van der Waals surface area contributed by atoms with Gasteiger partial charge in [0.15, 0.2) is 0 Å². The Labute approximate surface area is 160 Å². The van der Waals surface area contributed by atoms with Gasteiger partial charge in [-0.1, -0.05) is 22.0 Å². The SMILES string of the molecule is CN1CCN(C(=O)c2ccc3c(c2)Cc2c(C(N)=O)cc(Br)cc2-3)CC1. The van der Waals surface area contributed by atoms with Gasteiger partial charge in [-0.25, -0.2) is 0 Å². The summed E-state index contributed by atoms with van der Waals surface area (Å²) >= 11 is 3.46. The molecule has 134 valence electrons. The Hall–Kier alpha value is -2.18. The molecule has 0 radical (unpaired) electrons. The molecule has 2 aromatic carbocycles. The molecule has 0 saturated carbocycles. The molecule has 1 fully saturated rings. The quantitative estimate of drug-likeness (QED) is 0.701. The molecular formula is C20H20BrN3O2. The van der Waals surface area contributed by atoms with Gasteiger partial charge in [-0.05, 0) is 60.0 Å². The summed E-state index contributed by atoms with van der Waals surface area (Å²) in [6.07, 6.45) is 0.625. The largest absolute Gasteiger partial charge is 0.366 e. The summed E-state index contributed by atoms with van der Waals surface area (Å²) in [5, 5.41) is 0. The van der Waals surface area contributed by atoms with Gasteiger partial charge in [-0.15, -0.1) is 0 Å². The molecule has 2 amide bonds. The number of hydrogen-bond acceptors (Lipinski definition) is 3. The standard InChI is InChI=1S/C20H20BrN3O2/c1-23-4-6-24(7-5-23)20(26)12-2-3-15-13(8-12)9-16-17(15)10-14(21)11-18(16)19(22)25/h2-3,8,10-11H,4-7,9H2,1H3,(H2,22,25). The smallest absolute Gasteiger partial charge is 0.253 e. The number of amides is 2. The van der Waals surface area contributed by atoms with E-state index in [0.717, 1.165) is 52.9 Å². The molecule has 6 heteroatoms. The van der Waals surface area contributed by atoms with Gasteiger partial charge in [0, 0.05) is 41.8 Å². The highest BCUT2D eigenvalue weighted by molar-refractivity contribution is 9.10. The van der Waals surface area contributed by atoms with E-state index in [1.54, 1.807) is 6.07 Å². The van der Waals surface area contributed by atoms with E-state index in [1.165, 1.54) is 0 Å². The third-order valence-corrected chi connectivity index (χ3v) is 5.74. The zero-order chi connectivity index (χ0) is 18.4. The van der Waals surface area contributed by atoms with Crippen molar-refractivity contribution in [2.75, 3.05) is 33.2 Å². The predicted octanol–water partition coefficient (Wildman–Crippen LogP) is 2.51. The summed E-state index contributed by atoms with van der Waals surface area (Å²) in [5.74, 6) is -0.350. The Morgan fingerprint density at radius 2 is 1.77 bits per heavy atom. The van der Waals surface area contributed by atoms with Crippen LogP contribution in [-0.4, -0.2) is 54.8 Å². The number of hydrogen-bond donors (Lipinski definition) is 1. The molecule has 0 aromatic heterocycles. The third kappa shape index (κ3) is 2.93. The second kappa shape index (κ2) is 6.52. The molecule has 0 unspecified atom stereocenters. The first kappa shape index (κ1) is 17.2. The normalized spacial score (nSPS) is 16.3. The molecule has 1 aliphatic carbocycles. The van der Waals surface area contributed by atoms with Gasteiger partial charge < -0.3 is 15.5 Å². The van der Waals surface area contributed by atoms with Crippen molar-refractivity contribution in [3.63, 3.8) is 0 Å². The lowest BCUT2D eigenvalue weighted by Gasteiger charge is -2.32. The summed E-state index contributed by atoms with van der Waals surface area (Å²) in [6.45, 7) is 3.31. The number of rotatable bonds is 2. The molecule has 4 rings (SSSR count). The van der Waals surface area contributed by atoms with Crippen molar-refractivity contribution in [3.05, 3.63) is 57.1 Å². The number of primary amides is 1. The van der Waals surface area contributed by atoms with Crippen LogP contribution < -0.4 is 5.73 Å². The highest BCUT2D eigenvalue weighted by Gasteiger charge is 2.26. The van der Waals surface area contributed by atoms with Crippen molar-refractivity contribution < 1.29 is 9.59 Å². The Balaban J connectivity index is 1.67. The summed E-state index contributed by atoms with van der Waals surface area (Å²) in [5.41, 5.74) is 10.9. The lowest BCUT2D eigenvalue weighted by atomic mass is 10.0. The first-order chi connectivity index (χ1) is 12.4. The van der Waals surface area contributed by atoms with Crippen LogP contribution in [0.2, 0.25) is 0 Å². The molecule has 2 aromatic rings. The van der Waals surface area contributed by atoms with Crippen molar-refractivity contribution in [1.29, 1.82) is 0 Å². The summed E-state index contributed by atoms with van der Waals surface area (Å²) in [6, 6.07) is 9.62. The number of likely N-dealkylation sites (N-methyl/N-ethyl adjacent to an activating group) is 1. The minimum Gasteiger partial charge on any atom is -0.366 e. The van der Waals surface area contributed by atoms with Gasteiger partial charge in [0.2, 0.25) is 5.91 Å². The number of piperazine rings is 1. The molecule has 1 aliphatic heterocycles. The van der Waals surface area contributed by atoms with E-state index in [-0.39, 0.29) is 5.91 Å². The van der Waals surface area contributed by atoms with Gasteiger partial charge in [-0.2, -0.15) is 0 Å². The number of halogens is 1. The second-order valence-electron chi connectivity index (χ2n) is 6.99. The van der Waals surface area contributed by atoms with Crippen LogP contribution in [0.1, 0.15) is 31.8 Å². The van der Waals surface area contributed by atoms with Crippen molar-refractivity contribution >= 4 is 27.7 Å². The van der Waals surface area contributed by atoms with Crippen LogP contribution in [0.15, 0.2) is 34.8 Å².